The van der Waals surface area contributed by atoms with Crippen LogP contribution in [0.15, 0.2) is 24.5 Å². The van der Waals surface area contributed by atoms with Gasteiger partial charge in [0.25, 0.3) is 5.91 Å². The van der Waals surface area contributed by atoms with Crippen LogP contribution in [0.25, 0.3) is 0 Å². The SMILES string of the molecule is COc1cc(C(=O)NCc2nncn2C)ccc1N. The number of hydrogen-bond donors (Lipinski definition) is 2. The number of nitrogen functional groups attached to an aromatic ring is 1. The number of carbonyl (C=O) groups is 1. The molecule has 0 aliphatic heterocycles. The number of aryl methyl sites for hydroxylation is 1. The summed E-state index contributed by atoms with van der Waals surface area (Å²) in [5.74, 6) is 0.934. The van der Waals surface area contributed by atoms with Crippen molar-refractivity contribution in [3.05, 3.63) is 35.9 Å². The van der Waals surface area contributed by atoms with Gasteiger partial charge in [0.05, 0.1) is 19.3 Å². The van der Waals surface area contributed by atoms with E-state index in [9.17, 15) is 4.79 Å². The minimum atomic E-state index is -0.221. The highest BCUT2D eigenvalue weighted by molar-refractivity contribution is 5.95. The molecule has 0 fully saturated rings. The fraction of sp³-hybridized carbons (Fsp3) is 0.250. The smallest absolute Gasteiger partial charge is 0.251 e. The van der Waals surface area contributed by atoms with Gasteiger partial charge in [0.1, 0.15) is 12.1 Å². The van der Waals surface area contributed by atoms with Crippen molar-refractivity contribution < 1.29 is 9.53 Å². The van der Waals surface area contributed by atoms with Crippen LogP contribution in [0.5, 0.6) is 5.75 Å². The van der Waals surface area contributed by atoms with Gasteiger partial charge in [-0.15, -0.1) is 10.2 Å². The van der Waals surface area contributed by atoms with E-state index in [1.54, 1.807) is 29.1 Å². The van der Waals surface area contributed by atoms with Crippen LogP contribution in [-0.2, 0) is 13.6 Å². The molecule has 0 radical (unpaired) electrons. The summed E-state index contributed by atoms with van der Waals surface area (Å²) >= 11 is 0. The molecule has 19 heavy (non-hydrogen) atoms. The first-order valence-corrected chi connectivity index (χ1v) is 5.66. The summed E-state index contributed by atoms with van der Waals surface area (Å²) in [6.07, 6.45) is 1.58. The van der Waals surface area contributed by atoms with Crippen molar-refractivity contribution in [2.24, 2.45) is 7.05 Å². The number of nitrogens with zero attached hydrogens (tertiary/aromatic N) is 3. The lowest BCUT2D eigenvalue weighted by Gasteiger charge is -2.08. The number of nitrogens with two attached hydrogens (primary N) is 1. The van der Waals surface area contributed by atoms with Crippen molar-refractivity contribution in [2.45, 2.75) is 6.54 Å². The van der Waals surface area contributed by atoms with E-state index in [-0.39, 0.29) is 5.91 Å². The standard InChI is InChI=1S/C12H15N5O2/c1-17-7-15-16-11(17)6-14-12(18)8-3-4-9(13)10(5-8)19-2/h3-5,7H,6,13H2,1-2H3,(H,14,18). The highest BCUT2D eigenvalue weighted by Crippen LogP contribution is 2.21. The van der Waals surface area contributed by atoms with Crippen molar-refractivity contribution in [3.8, 4) is 5.75 Å². The van der Waals surface area contributed by atoms with E-state index in [2.05, 4.69) is 15.5 Å². The van der Waals surface area contributed by atoms with Crippen LogP contribution in [0.2, 0.25) is 0 Å². The van der Waals surface area contributed by atoms with E-state index in [1.807, 2.05) is 7.05 Å². The van der Waals surface area contributed by atoms with E-state index in [0.717, 1.165) is 0 Å². The normalized spacial score (nSPS) is 10.2. The largest absolute Gasteiger partial charge is 0.495 e. The number of methoxy groups -OCH3 is 1. The van der Waals surface area contributed by atoms with E-state index >= 15 is 0 Å². The fourth-order valence-corrected chi connectivity index (χ4v) is 1.58. The molecule has 3 N–H and O–H groups in total. The maximum absolute atomic E-state index is 12.0. The molecular weight excluding hydrogens is 246 g/mol. The first-order valence-electron chi connectivity index (χ1n) is 5.66. The van der Waals surface area contributed by atoms with Crippen molar-refractivity contribution in [1.29, 1.82) is 0 Å². The van der Waals surface area contributed by atoms with Crippen molar-refractivity contribution in [3.63, 3.8) is 0 Å². The second kappa shape index (κ2) is 5.38. The molecule has 0 bridgehead atoms. The van der Waals surface area contributed by atoms with Gasteiger partial charge in [-0.1, -0.05) is 0 Å². The zero-order valence-corrected chi connectivity index (χ0v) is 10.8. The molecular formula is C12H15N5O2. The summed E-state index contributed by atoms with van der Waals surface area (Å²) in [5.41, 5.74) is 6.67. The van der Waals surface area contributed by atoms with Crippen LogP contribution >= 0.6 is 0 Å². The number of ether oxygens (including phenoxy) is 1. The predicted octanol–water partition coefficient (Wildman–Crippen LogP) is 0.336. The Morgan fingerprint density at radius 2 is 2.32 bits per heavy atom. The Morgan fingerprint density at radius 3 is 2.95 bits per heavy atom. The third-order valence-electron chi connectivity index (χ3n) is 2.71. The zero-order chi connectivity index (χ0) is 13.8. The maximum atomic E-state index is 12.0. The lowest BCUT2D eigenvalue weighted by molar-refractivity contribution is 0.0949. The van der Waals surface area contributed by atoms with Crippen molar-refractivity contribution in [1.82, 2.24) is 20.1 Å². The zero-order valence-electron chi connectivity index (χ0n) is 10.8. The van der Waals surface area contributed by atoms with Gasteiger partial charge in [0, 0.05) is 12.6 Å². The second-order valence-corrected chi connectivity index (χ2v) is 4.00. The number of anilines is 1. The van der Waals surface area contributed by atoms with E-state index < -0.39 is 0 Å². The molecule has 7 nitrogen and oxygen atoms in total. The lowest BCUT2D eigenvalue weighted by Crippen LogP contribution is -2.24. The molecule has 1 amide bonds. The molecule has 0 aliphatic carbocycles. The van der Waals surface area contributed by atoms with Gasteiger partial charge in [-0.25, -0.2) is 0 Å². The number of nitrogens with one attached hydrogen (secondary N) is 1. The maximum Gasteiger partial charge on any atom is 0.251 e. The summed E-state index contributed by atoms with van der Waals surface area (Å²) in [7, 11) is 3.32. The number of benzene rings is 1. The van der Waals surface area contributed by atoms with Gasteiger partial charge in [0.15, 0.2) is 5.82 Å². The topological polar surface area (TPSA) is 95.1 Å². The second-order valence-electron chi connectivity index (χ2n) is 4.00. The average molecular weight is 261 g/mol. The van der Waals surface area contributed by atoms with Gasteiger partial charge in [-0.05, 0) is 18.2 Å². The number of rotatable bonds is 4. The summed E-state index contributed by atoms with van der Waals surface area (Å²) in [6, 6.07) is 4.88. The summed E-state index contributed by atoms with van der Waals surface area (Å²) in [4.78, 5) is 12.0. The van der Waals surface area contributed by atoms with Gasteiger partial charge in [-0.3, -0.25) is 4.79 Å². The van der Waals surface area contributed by atoms with E-state index in [0.29, 0.717) is 29.4 Å². The molecule has 1 aromatic heterocycles. The Hall–Kier alpha value is -2.57. The third-order valence-corrected chi connectivity index (χ3v) is 2.71. The van der Waals surface area contributed by atoms with Crippen molar-refractivity contribution in [2.75, 3.05) is 12.8 Å². The monoisotopic (exact) mass is 261 g/mol. The van der Waals surface area contributed by atoms with Gasteiger partial charge >= 0.3 is 0 Å². The molecule has 7 heteroatoms. The number of carbonyl (C=O) groups excluding carboxylic acids is 1. The molecule has 2 aromatic rings. The van der Waals surface area contributed by atoms with Gasteiger partial charge in [-0.2, -0.15) is 0 Å². The number of amides is 1. The van der Waals surface area contributed by atoms with E-state index in [1.165, 1.54) is 7.11 Å². The minimum Gasteiger partial charge on any atom is -0.495 e. The molecule has 1 aromatic carbocycles. The predicted molar refractivity (Wildman–Crippen MR) is 69.6 cm³/mol. The Morgan fingerprint density at radius 1 is 1.53 bits per heavy atom. The van der Waals surface area contributed by atoms with Crippen LogP contribution in [0.4, 0.5) is 5.69 Å². The molecule has 0 unspecified atom stereocenters. The summed E-state index contributed by atoms with van der Waals surface area (Å²) in [6.45, 7) is 0.308. The highest BCUT2D eigenvalue weighted by atomic mass is 16.5. The minimum absolute atomic E-state index is 0.221. The molecule has 100 valence electrons. The van der Waals surface area contributed by atoms with E-state index in [4.69, 9.17) is 10.5 Å². The highest BCUT2D eigenvalue weighted by Gasteiger charge is 2.10. The van der Waals surface area contributed by atoms with Gasteiger partial charge < -0.3 is 20.4 Å². The molecule has 0 atom stereocenters. The molecule has 0 saturated heterocycles. The van der Waals surface area contributed by atoms with Crippen LogP contribution in [0.1, 0.15) is 16.2 Å². The lowest BCUT2D eigenvalue weighted by atomic mass is 10.2. The molecule has 0 aliphatic rings. The van der Waals surface area contributed by atoms with Crippen LogP contribution < -0.4 is 15.8 Å². The first-order chi connectivity index (χ1) is 9.11. The Balaban J connectivity index is 2.06. The van der Waals surface area contributed by atoms with Gasteiger partial charge in [0.2, 0.25) is 0 Å². The summed E-state index contributed by atoms with van der Waals surface area (Å²) < 4.78 is 6.81. The quantitative estimate of drug-likeness (QED) is 0.774. The number of hydrogen-bond acceptors (Lipinski definition) is 5. The summed E-state index contributed by atoms with van der Waals surface area (Å²) in [5, 5.41) is 10.4. The molecule has 0 saturated carbocycles. The Bertz CT molecular complexity index is 594. The third kappa shape index (κ3) is 2.82. The van der Waals surface area contributed by atoms with Crippen LogP contribution in [0, 0.1) is 0 Å². The molecule has 0 spiro atoms. The molecule has 2 rings (SSSR count). The fourth-order valence-electron chi connectivity index (χ4n) is 1.58. The average Bonchev–Trinajstić information content (AvgIpc) is 2.82. The molecule has 1 heterocycles. The first kappa shape index (κ1) is 12.9. The number of aromatic nitrogens is 3. The van der Waals surface area contributed by atoms with Crippen LogP contribution in [-0.4, -0.2) is 27.8 Å². The Kier molecular flexibility index (Phi) is 3.65. The Labute approximate surface area is 110 Å². The van der Waals surface area contributed by atoms with Crippen LogP contribution in [0.3, 0.4) is 0 Å². The van der Waals surface area contributed by atoms with Crippen molar-refractivity contribution >= 4 is 11.6 Å².